The highest BCUT2D eigenvalue weighted by atomic mass is 16.5. The molecule has 0 aliphatic heterocycles. The molecule has 0 atom stereocenters. The van der Waals surface area contributed by atoms with E-state index < -0.39 is 0 Å². The maximum atomic E-state index is 7.44. The molecular weight excluding hydrogens is 218 g/mol. The second-order valence-electron chi connectivity index (χ2n) is 3.05. The fraction of sp³-hybridized carbons (Fsp3) is 0.0909. The lowest BCUT2D eigenvalue weighted by Crippen LogP contribution is -1.94. The third kappa shape index (κ3) is 4.25. The van der Waals surface area contributed by atoms with Crippen molar-refractivity contribution in [2.75, 3.05) is 12.8 Å². The molecule has 0 fully saturated rings. The van der Waals surface area contributed by atoms with E-state index in [9.17, 15) is 0 Å². The Morgan fingerprint density at radius 2 is 2.00 bits per heavy atom. The van der Waals surface area contributed by atoms with E-state index in [2.05, 4.69) is 15.0 Å². The van der Waals surface area contributed by atoms with E-state index in [0.717, 1.165) is 0 Å². The van der Waals surface area contributed by atoms with E-state index in [1.165, 1.54) is 19.3 Å². The molecule has 6 nitrogen and oxygen atoms in total. The largest absolute Gasteiger partial charge is 0.481 e. The predicted octanol–water partition coefficient (Wildman–Crippen LogP) is 2.51. The molecule has 0 amide bonds. The predicted molar refractivity (Wildman–Crippen MR) is 67.0 cm³/mol. The Bertz CT molecular complexity index is 479. The minimum Gasteiger partial charge on any atom is -0.481 e. The number of amidine groups is 1. The van der Waals surface area contributed by atoms with Crippen molar-refractivity contribution >= 4 is 23.1 Å². The molecule has 0 bridgehead atoms. The SMILES string of the molecule is COC(=N)/C=C\C(=N)/N=N/c1ccccc1N. The van der Waals surface area contributed by atoms with E-state index in [1.807, 2.05) is 0 Å². The fourth-order valence-electron chi connectivity index (χ4n) is 0.942. The number of methoxy groups -OCH3 is 1. The molecule has 1 rings (SSSR count). The zero-order valence-electron chi connectivity index (χ0n) is 9.34. The van der Waals surface area contributed by atoms with Crippen molar-refractivity contribution in [3.63, 3.8) is 0 Å². The van der Waals surface area contributed by atoms with Crippen LogP contribution >= 0.6 is 0 Å². The Labute approximate surface area is 98.8 Å². The molecular formula is C11H13N5O. The summed E-state index contributed by atoms with van der Waals surface area (Å²) in [6.07, 6.45) is 2.63. The highest BCUT2D eigenvalue weighted by Crippen LogP contribution is 2.20. The van der Waals surface area contributed by atoms with Gasteiger partial charge in [0.2, 0.25) is 5.90 Å². The summed E-state index contributed by atoms with van der Waals surface area (Å²) < 4.78 is 4.59. The van der Waals surface area contributed by atoms with Gasteiger partial charge in [0.1, 0.15) is 5.69 Å². The molecule has 1 aromatic carbocycles. The van der Waals surface area contributed by atoms with Crippen molar-refractivity contribution in [2.24, 2.45) is 10.2 Å². The van der Waals surface area contributed by atoms with Gasteiger partial charge in [0.15, 0.2) is 5.84 Å². The van der Waals surface area contributed by atoms with Gasteiger partial charge in [-0.25, -0.2) is 0 Å². The van der Waals surface area contributed by atoms with Crippen molar-refractivity contribution in [1.82, 2.24) is 0 Å². The number of nitrogens with zero attached hydrogens (tertiary/aromatic N) is 2. The summed E-state index contributed by atoms with van der Waals surface area (Å²) in [5, 5.41) is 22.1. The maximum absolute atomic E-state index is 7.44. The highest BCUT2D eigenvalue weighted by molar-refractivity contribution is 5.97. The molecule has 0 saturated carbocycles. The molecule has 0 aliphatic rings. The maximum Gasteiger partial charge on any atom is 0.205 e. The van der Waals surface area contributed by atoms with E-state index in [1.54, 1.807) is 24.3 Å². The third-order valence-corrected chi connectivity index (χ3v) is 1.81. The number of nitrogen functional groups attached to an aromatic ring is 1. The lowest BCUT2D eigenvalue weighted by atomic mass is 10.3. The molecule has 88 valence electrons. The molecule has 0 spiro atoms. The van der Waals surface area contributed by atoms with Gasteiger partial charge in [0.25, 0.3) is 0 Å². The van der Waals surface area contributed by atoms with Crippen LogP contribution in [0.5, 0.6) is 0 Å². The molecule has 1 aromatic rings. The molecule has 17 heavy (non-hydrogen) atoms. The van der Waals surface area contributed by atoms with E-state index in [0.29, 0.717) is 11.4 Å². The van der Waals surface area contributed by atoms with Crippen molar-refractivity contribution in [3.05, 3.63) is 36.4 Å². The fourth-order valence-corrected chi connectivity index (χ4v) is 0.942. The lowest BCUT2D eigenvalue weighted by molar-refractivity contribution is 0.403. The van der Waals surface area contributed by atoms with Crippen LogP contribution < -0.4 is 5.73 Å². The molecule has 0 heterocycles. The van der Waals surface area contributed by atoms with Crippen LogP contribution in [0.4, 0.5) is 11.4 Å². The Morgan fingerprint density at radius 3 is 2.65 bits per heavy atom. The number of para-hydroxylation sites is 1. The van der Waals surface area contributed by atoms with E-state index >= 15 is 0 Å². The van der Waals surface area contributed by atoms with Crippen LogP contribution in [0, 0.1) is 10.8 Å². The smallest absolute Gasteiger partial charge is 0.205 e. The first kappa shape index (κ1) is 12.6. The topological polar surface area (TPSA) is 108 Å². The van der Waals surface area contributed by atoms with Crippen LogP contribution in [0.3, 0.4) is 0 Å². The number of azo groups is 1. The summed E-state index contributed by atoms with van der Waals surface area (Å²) >= 11 is 0. The minimum absolute atomic E-state index is 0.0517. The number of nitrogens with two attached hydrogens (primary N) is 1. The van der Waals surface area contributed by atoms with Crippen LogP contribution in [-0.2, 0) is 4.74 Å². The van der Waals surface area contributed by atoms with Gasteiger partial charge in [-0.05, 0) is 18.2 Å². The zero-order valence-corrected chi connectivity index (χ0v) is 9.34. The average Bonchev–Trinajstić information content (AvgIpc) is 2.35. The average molecular weight is 231 g/mol. The number of benzene rings is 1. The van der Waals surface area contributed by atoms with Crippen LogP contribution in [-0.4, -0.2) is 18.8 Å². The normalized spacial score (nSPS) is 10.9. The monoisotopic (exact) mass is 231 g/mol. The van der Waals surface area contributed by atoms with E-state index in [4.69, 9.17) is 16.6 Å². The van der Waals surface area contributed by atoms with E-state index in [-0.39, 0.29) is 11.7 Å². The summed E-state index contributed by atoms with van der Waals surface area (Å²) in [5.74, 6) is -0.140. The number of hydrogen-bond donors (Lipinski definition) is 3. The van der Waals surface area contributed by atoms with Crippen LogP contribution in [0.15, 0.2) is 46.6 Å². The number of anilines is 1. The first-order valence-electron chi connectivity index (χ1n) is 4.79. The highest BCUT2D eigenvalue weighted by Gasteiger charge is 1.95. The summed E-state index contributed by atoms with van der Waals surface area (Å²) in [5.41, 5.74) is 6.66. The Morgan fingerprint density at radius 1 is 1.29 bits per heavy atom. The van der Waals surface area contributed by atoms with Crippen molar-refractivity contribution in [3.8, 4) is 0 Å². The molecule has 0 radical (unpaired) electrons. The van der Waals surface area contributed by atoms with Gasteiger partial charge < -0.3 is 10.5 Å². The number of rotatable bonds is 3. The number of hydrogen-bond acceptors (Lipinski definition) is 5. The molecule has 0 unspecified atom stereocenters. The zero-order chi connectivity index (χ0) is 12.7. The summed E-state index contributed by atoms with van der Waals surface area (Å²) in [7, 11) is 1.38. The standard InChI is InChI=1S/C11H13N5O/c1-17-11(14)7-6-10(13)16-15-9-5-3-2-4-8(9)12/h2-7,13-14H,12H2,1H3/b7-6-,13-10?,14-11?,16-15+. The summed E-state index contributed by atoms with van der Waals surface area (Å²) in [4.78, 5) is 0. The first-order chi connectivity index (χ1) is 8.13. The van der Waals surface area contributed by atoms with Crippen LogP contribution in [0.1, 0.15) is 0 Å². The number of ether oxygens (including phenoxy) is 1. The van der Waals surface area contributed by atoms with Crippen LogP contribution in [0.25, 0.3) is 0 Å². The molecule has 0 aliphatic carbocycles. The Kier molecular flexibility index (Phi) is 4.56. The molecule has 4 N–H and O–H groups in total. The first-order valence-corrected chi connectivity index (χ1v) is 4.79. The number of nitrogens with one attached hydrogen (secondary N) is 2. The second-order valence-corrected chi connectivity index (χ2v) is 3.05. The summed E-state index contributed by atoms with van der Waals surface area (Å²) in [6.45, 7) is 0. The van der Waals surface area contributed by atoms with Gasteiger partial charge in [0.05, 0.1) is 12.8 Å². The lowest BCUT2D eigenvalue weighted by Gasteiger charge is -1.96. The van der Waals surface area contributed by atoms with Gasteiger partial charge in [-0.15, -0.1) is 10.2 Å². The van der Waals surface area contributed by atoms with Crippen molar-refractivity contribution in [2.45, 2.75) is 0 Å². The minimum atomic E-state index is -0.0879. The quantitative estimate of drug-likeness (QED) is 0.321. The van der Waals surface area contributed by atoms with Gasteiger partial charge in [-0.2, -0.15) is 0 Å². The van der Waals surface area contributed by atoms with Gasteiger partial charge in [0, 0.05) is 6.08 Å². The third-order valence-electron chi connectivity index (χ3n) is 1.81. The van der Waals surface area contributed by atoms with Crippen molar-refractivity contribution < 1.29 is 4.74 Å². The van der Waals surface area contributed by atoms with Crippen LogP contribution in [0.2, 0.25) is 0 Å². The second kappa shape index (κ2) is 6.16. The Balaban J connectivity index is 2.66. The summed E-state index contributed by atoms with van der Waals surface area (Å²) in [6, 6.07) is 6.98. The van der Waals surface area contributed by atoms with Crippen molar-refractivity contribution in [1.29, 1.82) is 10.8 Å². The van der Waals surface area contributed by atoms with Gasteiger partial charge in [-0.3, -0.25) is 10.8 Å². The molecule has 0 saturated heterocycles. The molecule has 6 heteroatoms. The molecule has 0 aromatic heterocycles. The van der Waals surface area contributed by atoms with Gasteiger partial charge in [-0.1, -0.05) is 12.1 Å². The Hall–Kier alpha value is -2.50. The van der Waals surface area contributed by atoms with Gasteiger partial charge >= 0.3 is 0 Å².